The summed E-state index contributed by atoms with van der Waals surface area (Å²) in [4.78, 5) is 0. The van der Waals surface area contributed by atoms with Crippen molar-refractivity contribution in [1.82, 2.24) is 0 Å². The van der Waals surface area contributed by atoms with Crippen LogP contribution < -0.4 is 0 Å². The number of hydrogen-bond donors (Lipinski definition) is 0. The highest BCUT2D eigenvalue weighted by molar-refractivity contribution is 5.15. The van der Waals surface area contributed by atoms with E-state index in [9.17, 15) is 8.78 Å². The molecule has 0 aliphatic heterocycles. The van der Waals surface area contributed by atoms with E-state index < -0.39 is 11.6 Å². The molecule has 0 amide bonds. The van der Waals surface area contributed by atoms with Gasteiger partial charge in [0.2, 0.25) is 0 Å². The van der Waals surface area contributed by atoms with Gasteiger partial charge in [0.1, 0.15) is 0 Å². The van der Waals surface area contributed by atoms with E-state index in [0.29, 0.717) is 0 Å². The van der Waals surface area contributed by atoms with E-state index in [1.54, 1.807) is 6.92 Å². The predicted molar refractivity (Wildman–Crippen MR) is 53.7 cm³/mol. The number of benzene rings is 1. The van der Waals surface area contributed by atoms with Crippen molar-refractivity contribution in [1.29, 1.82) is 0 Å². The second-order valence-corrected chi connectivity index (χ2v) is 1.92. The van der Waals surface area contributed by atoms with Gasteiger partial charge in [-0.25, -0.2) is 8.78 Å². The van der Waals surface area contributed by atoms with Crippen LogP contribution in [0.3, 0.4) is 0 Å². The quantitative estimate of drug-likeness (QED) is 0.535. The third kappa shape index (κ3) is 6.02. The summed E-state index contributed by atoms with van der Waals surface area (Å²) in [5.74, 6) is -1.57. The van der Waals surface area contributed by atoms with Crippen molar-refractivity contribution in [2.45, 2.75) is 20.8 Å². The molecule has 0 aliphatic rings. The van der Waals surface area contributed by atoms with Gasteiger partial charge in [-0.2, -0.15) is 0 Å². The zero-order valence-corrected chi connectivity index (χ0v) is 8.40. The molecule has 1 rings (SSSR count). The minimum atomic E-state index is -0.791. The minimum Gasteiger partial charge on any atom is -0.204 e. The Balaban J connectivity index is 0. The summed E-state index contributed by atoms with van der Waals surface area (Å²) in [6.07, 6.45) is 0. The van der Waals surface area contributed by atoms with Gasteiger partial charge in [0, 0.05) is 0 Å². The van der Waals surface area contributed by atoms with Crippen molar-refractivity contribution in [3.63, 3.8) is 0 Å². The minimum absolute atomic E-state index is 0.730. The van der Waals surface area contributed by atoms with Crippen molar-refractivity contribution < 1.29 is 8.78 Å². The maximum atomic E-state index is 12.2. The Morgan fingerprint density at radius 2 is 1.46 bits per heavy atom. The molecule has 0 aliphatic carbocycles. The number of halogens is 2. The van der Waals surface area contributed by atoms with Crippen LogP contribution in [-0.4, -0.2) is 0 Å². The van der Waals surface area contributed by atoms with Crippen molar-refractivity contribution in [3.8, 4) is 0 Å². The highest BCUT2D eigenvalue weighted by Gasteiger charge is 1.97. The van der Waals surface area contributed by atoms with Gasteiger partial charge in [-0.15, -0.1) is 13.2 Å². The molecule has 13 heavy (non-hydrogen) atoms. The Bertz CT molecular complexity index is 232. The molecule has 0 N–H and O–H groups in total. The Hall–Kier alpha value is -1.18. The second-order valence-electron chi connectivity index (χ2n) is 1.92. The van der Waals surface area contributed by atoms with E-state index in [1.807, 2.05) is 13.8 Å². The standard InChI is InChI=1S/C7H6F2.C2H6.C2H4/c1-5-2-3-6(8)7(9)4-5;2*1-2/h2-4H,1H3;1-2H3;1-2H2. The Labute approximate surface area is 78.9 Å². The first kappa shape index (κ1) is 14.3. The third-order valence-corrected chi connectivity index (χ3v) is 1.08. The van der Waals surface area contributed by atoms with E-state index in [2.05, 4.69) is 13.2 Å². The van der Waals surface area contributed by atoms with E-state index in [1.165, 1.54) is 6.07 Å². The van der Waals surface area contributed by atoms with Crippen LogP contribution in [0.2, 0.25) is 0 Å². The molecule has 2 heteroatoms. The van der Waals surface area contributed by atoms with E-state index in [4.69, 9.17) is 0 Å². The number of aryl methyl sites for hydroxylation is 1. The van der Waals surface area contributed by atoms with Crippen LogP contribution in [0.1, 0.15) is 19.4 Å². The number of rotatable bonds is 0. The molecular formula is C11H16F2. The summed E-state index contributed by atoms with van der Waals surface area (Å²) < 4.78 is 24.3. The summed E-state index contributed by atoms with van der Waals surface area (Å²) in [5, 5.41) is 0. The van der Waals surface area contributed by atoms with Crippen LogP contribution in [0.4, 0.5) is 8.78 Å². The molecule has 0 fully saturated rings. The van der Waals surface area contributed by atoms with Gasteiger partial charge in [0.15, 0.2) is 11.6 Å². The molecule has 0 radical (unpaired) electrons. The molecule has 0 saturated carbocycles. The van der Waals surface area contributed by atoms with Gasteiger partial charge in [-0.3, -0.25) is 0 Å². The zero-order valence-electron chi connectivity index (χ0n) is 8.40. The molecule has 1 aromatic rings. The molecule has 0 atom stereocenters. The smallest absolute Gasteiger partial charge is 0.159 e. The van der Waals surface area contributed by atoms with Gasteiger partial charge in [0.25, 0.3) is 0 Å². The molecule has 1 aromatic carbocycles. The first-order valence-corrected chi connectivity index (χ1v) is 4.12. The maximum Gasteiger partial charge on any atom is 0.159 e. The molecule has 0 spiro atoms. The van der Waals surface area contributed by atoms with Crippen LogP contribution in [0, 0.1) is 18.6 Å². The summed E-state index contributed by atoms with van der Waals surface area (Å²) in [6.45, 7) is 11.7. The normalized spacial score (nSPS) is 7.46. The second kappa shape index (κ2) is 8.91. The van der Waals surface area contributed by atoms with Gasteiger partial charge < -0.3 is 0 Å². The lowest BCUT2D eigenvalue weighted by Crippen LogP contribution is -1.82. The molecule has 0 unspecified atom stereocenters. The molecule has 0 bridgehead atoms. The molecule has 74 valence electrons. The van der Waals surface area contributed by atoms with Gasteiger partial charge in [-0.1, -0.05) is 19.9 Å². The maximum absolute atomic E-state index is 12.2. The average Bonchev–Trinajstić information content (AvgIpc) is 2.18. The molecule has 0 nitrogen and oxygen atoms in total. The summed E-state index contributed by atoms with van der Waals surface area (Å²) in [6, 6.07) is 3.80. The SMILES string of the molecule is C=C.CC.Cc1ccc(F)c(F)c1. The van der Waals surface area contributed by atoms with Crippen molar-refractivity contribution in [2.24, 2.45) is 0 Å². The number of hydrogen-bond acceptors (Lipinski definition) is 0. The lowest BCUT2D eigenvalue weighted by Gasteiger charge is -1.91. The molecule has 0 aromatic heterocycles. The first-order chi connectivity index (χ1) is 6.20. The average molecular weight is 186 g/mol. The largest absolute Gasteiger partial charge is 0.204 e. The van der Waals surface area contributed by atoms with Crippen molar-refractivity contribution in [3.05, 3.63) is 48.6 Å². The first-order valence-electron chi connectivity index (χ1n) is 4.12. The summed E-state index contributed by atoms with van der Waals surface area (Å²) in [7, 11) is 0. The summed E-state index contributed by atoms with van der Waals surface area (Å²) >= 11 is 0. The van der Waals surface area contributed by atoms with E-state index >= 15 is 0 Å². The molecular weight excluding hydrogens is 170 g/mol. The van der Waals surface area contributed by atoms with E-state index in [0.717, 1.165) is 17.7 Å². The Morgan fingerprint density at radius 3 is 1.77 bits per heavy atom. The zero-order chi connectivity index (χ0) is 10.9. The molecule has 0 saturated heterocycles. The molecule has 0 heterocycles. The lowest BCUT2D eigenvalue weighted by atomic mass is 10.2. The summed E-state index contributed by atoms with van der Waals surface area (Å²) in [5.41, 5.74) is 0.730. The third-order valence-electron chi connectivity index (χ3n) is 1.08. The van der Waals surface area contributed by atoms with Crippen molar-refractivity contribution in [2.75, 3.05) is 0 Å². The monoisotopic (exact) mass is 186 g/mol. The van der Waals surface area contributed by atoms with Crippen LogP contribution >= 0.6 is 0 Å². The van der Waals surface area contributed by atoms with Crippen LogP contribution in [0.5, 0.6) is 0 Å². The Morgan fingerprint density at radius 1 is 1.00 bits per heavy atom. The fraction of sp³-hybridized carbons (Fsp3) is 0.273. The van der Waals surface area contributed by atoms with Crippen LogP contribution in [-0.2, 0) is 0 Å². The fourth-order valence-electron chi connectivity index (χ4n) is 0.601. The Kier molecular flexibility index (Phi) is 9.84. The van der Waals surface area contributed by atoms with E-state index in [-0.39, 0.29) is 0 Å². The fourth-order valence-corrected chi connectivity index (χ4v) is 0.601. The van der Waals surface area contributed by atoms with Gasteiger partial charge in [-0.05, 0) is 24.6 Å². The highest BCUT2D eigenvalue weighted by atomic mass is 19.2. The van der Waals surface area contributed by atoms with Crippen LogP contribution in [0.25, 0.3) is 0 Å². The van der Waals surface area contributed by atoms with Crippen molar-refractivity contribution >= 4 is 0 Å². The van der Waals surface area contributed by atoms with Gasteiger partial charge >= 0.3 is 0 Å². The highest BCUT2D eigenvalue weighted by Crippen LogP contribution is 2.06. The van der Waals surface area contributed by atoms with Crippen LogP contribution in [0.15, 0.2) is 31.4 Å². The topological polar surface area (TPSA) is 0 Å². The predicted octanol–water partition coefficient (Wildman–Crippen LogP) is 4.10. The van der Waals surface area contributed by atoms with Gasteiger partial charge in [0.05, 0.1) is 0 Å². The lowest BCUT2D eigenvalue weighted by molar-refractivity contribution is 0.508.